The average molecular weight is 284 g/mol. The van der Waals surface area contributed by atoms with Crippen LogP contribution in [-0.4, -0.2) is 30.7 Å². The van der Waals surface area contributed by atoms with Crippen LogP contribution in [0.4, 0.5) is 0 Å². The number of ether oxygens (including phenoxy) is 1. The summed E-state index contributed by atoms with van der Waals surface area (Å²) in [6.07, 6.45) is 4.48. The lowest BCUT2D eigenvalue weighted by Gasteiger charge is -2.38. The first-order chi connectivity index (χ1) is 9.19. The summed E-state index contributed by atoms with van der Waals surface area (Å²) in [7, 11) is 0. The van der Waals surface area contributed by atoms with Crippen molar-refractivity contribution in [2.24, 2.45) is 17.1 Å². The number of primary amides is 1. The minimum atomic E-state index is -0.292. The molecular formula is C16H32N2O2. The van der Waals surface area contributed by atoms with Crippen molar-refractivity contribution >= 4 is 5.91 Å². The number of amides is 1. The van der Waals surface area contributed by atoms with Crippen molar-refractivity contribution < 1.29 is 9.53 Å². The fraction of sp³-hybridized carbons (Fsp3) is 0.938. The number of nitrogens with one attached hydrogen (secondary N) is 1. The van der Waals surface area contributed by atoms with Gasteiger partial charge in [-0.25, -0.2) is 0 Å². The zero-order valence-electron chi connectivity index (χ0n) is 13.7. The molecule has 1 fully saturated rings. The monoisotopic (exact) mass is 284 g/mol. The highest BCUT2D eigenvalue weighted by Gasteiger charge is 2.32. The predicted molar refractivity (Wildman–Crippen MR) is 82.4 cm³/mol. The van der Waals surface area contributed by atoms with Gasteiger partial charge >= 0.3 is 0 Å². The van der Waals surface area contributed by atoms with Gasteiger partial charge in [0.05, 0.1) is 12.1 Å². The highest BCUT2D eigenvalue weighted by atomic mass is 16.5. The second kappa shape index (κ2) is 7.41. The van der Waals surface area contributed by atoms with Crippen LogP contribution in [0.15, 0.2) is 0 Å². The Morgan fingerprint density at radius 2 is 2.05 bits per heavy atom. The van der Waals surface area contributed by atoms with Gasteiger partial charge in [-0.2, -0.15) is 0 Å². The maximum absolute atomic E-state index is 11.4. The van der Waals surface area contributed by atoms with Crippen LogP contribution in [0.2, 0.25) is 0 Å². The molecule has 0 aromatic heterocycles. The first kappa shape index (κ1) is 17.4. The Morgan fingerprint density at radius 1 is 1.40 bits per heavy atom. The van der Waals surface area contributed by atoms with Gasteiger partial charge in [-0.15, -0.1) is 0 Å². The molecule has 0 radical (unpaired) electrons. The first-order valence-corrected chi connectivity index (χ1v) is 7.86. The molecule has 3 unspecified atom stereocenters. The third-order valence-electron chi connectivity index (χ3n) is 3.98. The minimum Gasteiger partial charge on any atom is -0.378 e. The van der Waals surface area contributed by atoms with Crippen LogP contribution in [0, 0.1) is 11.3 Å². The largest absolute Gasteiger partial charge is 0.378 e. The Kier molecular flexibility index (Phi) is 6.46. The van der Waals surface area contributed by atoms with Crippen LogP contribution in [0.25, 0.3) is 0 Å². The average Bonchev–Trinajstić information content (AvgIpc) is 2.24. The summed E-state index contributed by atoms with van der Waals surface area (Å²) in [6.45, 7) is 11.5. The highest BCUT2D eigenvalue weighted by molar-refractivity contribution is 5.79. The molecule has 0 saturated heterocycles. The van der Waals surface area contributed by atoms with E-state index in [4.69, 9.17) is 10.5 Å². The Balaban J connectivity index is 2.36. The van der Waals surface area contributed by atoms with Gasteiger partial charge in [-0.1, -0.05) is 34.6 Å². The highest BCUT2D eigenvalue weighted by Crippen LogP contribution is 2.39. The topological polar surface area (TPSA) is 64.3 Å². The van der Waals surface area contributed by atoms with Crippen molar-refractivity contribution in [3.8, 4) is 0 Å². The van der Waals surface area contributed by atoms with Gasteiger partial charge in [-0.05, 0) is 37.0 Å². The van der Waals surface area contributed by atoms with E-state index in [0.717, 1.165) is 12.8 Å². The molecule has 1 aliphatic rings. The molecule has 1 amide bonds. The fourth-order valence-corrected chi connectivity index (χ4v) is 3.45. The lowest BCUT2D eigenvalue weighted by atomic mass is 9.71. The van der Waals surface area contributed by atoms with E-state index in [1.165, 1.54) is 6.42 Å². The fourth-order valence-electron chi connectivity index (χ4n) is 3.45. The smallest absolute Gasteiger partial charge is 0.234 e. The third-order valence-corrected chi connectivity index (χ3v) is 3.98. The van der Waals surface area contributed by atoms with Gasteiger partial charge in [0.1, 0.15) is 0 Å². The van der Waals surface area contributed by atoms with Crippen LogP contribution in [0.5, 0.6) is 0 Å². The molecule has 1 aliphatic carbocycles. The molecule has 3 atom stereocenters. The van der Waals surface area contributed by atoms with Crippen molar-refractivity contribution in [2.75, 3.05) is 6.61 Å². The van der Waals surface area contributed by atoms with Gasteiger partial charge < -0.3 is 15.8 Å². The molecular weight excluding hydrogens is 252 g/mol. The molecule has 0 bridgehead atoms. The van der Waals surface area contributed by atoms with Gasteiger partial charge in [0.25, 0.3) is 0 Å². The van der Waals surface area contributed by atoms with Crippen LogP contribution < -0.4 is 11.1 Å². The lowest BCUT2D eigenvalue weighted by molar-refractivity contribution is -0.121. The molecule has 118 valence electrons. The van der Waals surface area contributed by atoms with Crippen molar-refractivity contribution in [3.05, 3.63) is 0 Å². The molecule has 3 N–H and O–H groups in total. The van der Waals surface area contributed by atoms with Crippen molar-refractivity contribution in [1.82, 2.24) is 5.32 Å². The second-order valence-electron chi connectivity index (χ2n) is 7.47. The molecule has 0 heterocycles. The Morgan fingerprint density at radius 3 is 2.55 bits per heavy atom. The lowest BCUT2D eigenvalue weighted by Crippen LogP contribution is -2.45. The number of rotatable bonds is 7. The summed E-state index contributed by atoms with van der Waals surface area (Å²) in [5.41, 5.74) is 5.78. The van der Waals surface area contributed by atoms with E-state index < -0.39 is 0 Å². The standard InChI is InChI=1S/C16H32N2O2/c1-11(2)18-14(15(17)19)6-7-20-13-8-12(3)9-16(4,5)10-13/h11-14,18H,6-10H2,1-5H3,(H2,17,19). The van der Waals surface area contributed by atoms with E-state index in [2.05, 4.69) is 26.1 Å². The van der Waals surface area contributed by atoms with E-state index in [-0.39, 0.29) is 18.0 Å². The van der Waals surface area contributed by atoms with Crippen molar-refractivity contribution in [2.45, 2.75) is 78.5 Å². The van der Waals surface area contributed by atoms with Crippen LogP contribution in [0.1, 0.15) is 60.3 Å². The molecule has 1 saturated carbocycles. The molecule has 0 aromatic rings. The quantitative estimate of drug-likeness (QED) is 0.755. The molecule has 0 aliphatic heterocycles. The van der Waals surface area contributed by atoms with Crippen molar-refractivity contribution in [3.63, 3.8) is 0 Å². The second-order valence-corrected chi connectivity index (χ2v) is 7.47. The Labute approximate surface area is 123 Å². The molecule has 20 heavy (non-hydrogen) atoms. The van der Waals surface area contributed by atoms with Gasteiger partial charge in [-0.3, -0.25) is 4.79 Å². The molecule has 0 spiro atoms. The maximum atomic E-state index is 11.4. The minimum absolute atomic E-state index is 0.251. The zero-order valence-corrected chi connectivity index (χ0v) is 13.7. The van der Waals surface area contributed by atoms with Gasteiger partial charge in [0.15, 0.2) is 0 Å². The summed E-state index contributed by atoms with van der Waals surface area (Å²) < 4.78 is 6.00. The normalized spacial score (nSPS) is 27.5. The van der Waals surface area contributed by atoms with Crippen LogP contribution in [0.3, 0.4) is 0 Å². The Bertz CT molecular complexity index is 316. The Hall–Kier alpha value is -0.610. The predicted octanol–water partition coefficient (Wildman–Crippen LogP) is 2.46. The van der Waals surface area contributed by atoms with Crippen molar-refractivity contribution in [1.29, 1.82) is 0 Å². The third kappa shape index (κ3) is 6.23. The van der Waals surface area contributed by atoms with Crippen LogP contribution in [-0.2, 0) is 9.53 Å². The number of hydrogen-bond acceptors (Lipinski definition) is 3. The molecule has 1 rings (SSSR count). The number of carbonyl (C=O) groups is 1. The molecule has 4 nitrogen and oxygen atoms in total. The van der Waals surface area contributed by atoms with Gasteiger partial charge in [0.2, 0.25) is 5.91 Å². The summed E-state index contributed by atoms with van der Waals surface area (Å²) in [6, 6.07) is -0.0369. The number of nitrogens with two attached hydrogens (primary N) is 1. The van der Waals surface area contributed by atoms with Gasteiger partial charge in [0, 0.05) is 12.6 Å². The number of hydrogen-bond donors (Lipinski definition) is 2. The summed E-state index contributed by atoms with van der Waals surface area (Å²) in [5.74, 6) is 0.420. The van der Waals surface area contributed by atoms with E-state index in [1.807, 2.05) is 13.8 Å². The summed E-state index contributed by atoms with van der Waals surface area (Å²) in [5, 5.41) is 3.19. The number of carbonyl (C=O) groups excluding carboxylic acids is 1. The summed E-state index contributed by atoms with van der Waals surface area (Å²) >= 11 is 0. The maximum Gasteiger partial charge on any atom is 0.234 e. The molecule has 0 aromatic carbocycles. The van der Waals surface area contributed by atoms with E-state index in [9.17, 15) is 4.79 Å². The van der Waals surface area contributed by atoms with E-state index in [1.54, 1.807) is 0 Å². The van der Waals surface area contributed by atoms with E-state index in [0.29, 0.717) is 30.5 Å². The zero-order chi connectivity index (χ0) is 15.3. The van der Waals surface area contributed by atoms with Crippen LogP contribution >= 0.6 is 0 Å². The molecule has 4 heteroatoms. The first-order valence-electron chi connectivity index (χ1n) is 7.86. The van der Waals surface area contributed by atoms with E-state index >= 15 is 0 Å². The SMILES string of the molecule is CC1CC(OCCC(NC(C)C)C(N)=O)CC(C)(C)C1. The summed E-state index contributed by atoms with van der Waals surface area (Å²) in [4.78, 5) is 11.4.